The van der Waals surface area contributed by atoms with E-state index in [9.17, 15) is 14.4 Å². The summed E-state index contributed by atoms with van der Waals surface area (Å²) in [6.45, 7) is 3.49. The Kier molecular flexibility index (Phi) is 8.25. The van der Waals surface area contributed by atoms with E-state index < -0.39 is 0 Å². The van der Waals surface area contributed by atoms with Crippen LogP contribution in [0.1, 0.15) is 22.8 Å². The van der Waals surface area contributed by atoms with Gasteiger partial charge in [-0.3, -0.25) is 9.59 Å². The molecule has 0 bridgehead atoms. The summed E-state index contributed by atoms with van der Waals surface area (Å²) in [6, 6.07) is 8.22. The summed E-state index contributed by atoms with van der Waals surface area (Å²) < 4.78 is 32.6. The van der Waals surface area contributed by atoms with E-state index in [-0.39, 0.29) is 30.1 Å². The highest BCUT2D eigenvalue weighted by molar-refractivity contribution is 6.14. The Morgan fingerprint density at radius 2 is 1.61 bits per heavy atom. The molecule has 4 rings (SSSR count). The number of Topliss-reactive ketones (excluding diaryl/α,β-unsaturated/α-hetero) is 1. The minimum atomic E-state index is -0.373. The molecule has 2 heterocycles. The molecule has 1 saturated heterocycles. The second-order valence-corrected chi connectivity index (χ2v) is 8.41. The van der Waals surface area contributed by atoms with E-state index in [0.717, 1.165) is 0 Å². The number of amides is 2. The van der Waals surface area contributed by atoms with E-state index in [1.54, 1.807) is 53.1 Å². The first-order valence-electron chi connectivity index (χ1n) is 12.1. The summed E-state index contributed by atoms with van der Waals surface area (Å²) in [5, 5.41) is 0. The predicted octanol–water partition coefficient (Wildman–Crippen LogP) is 3.01. The van der Waals surface area contributed by atoms with Crippen LogP contribution in [-0.4, -0.2) is 88.3 Å². The Morgan fingerprint density at radius 1 is 0.947 bits per heavy atom. The van der Waals surface area contributed by atoms with Crippen molar-refractivity contribution in [2.24, 2.45) is 0 Å². The van der Waals surface area contributed by atoms with Crippen LogP contribution in [0.3, 0.4) is 0 Å². The third-order valence-corrected chi connectivity index (χ3v) is 6.15. The van der Waals surface area contributed by atoms with E-state index in [1.807, 2.05) is 0 Å². The molecule has 2 aromatic rings. The number of methoxy groups -OCH3 is 3. The number of nitrogens with zero attached hydrogens (tertiary/aromatic N) is 2. The summed E-state index contributed by atoms with van der Waals surface area (Å²) in [5.74, 6) is 1.71. The second-order valence-electron chi connectivity index (χ2n) is 8.41. The van der Waals surface area contributed by atoms with Gasteiger partial charge in [0.05, 0.1) is 33.5 Å². The number of hydrogen-bond donors (Lipinski definition) is 0. The first-order valence-corrected chi connectivity index (χ1v) is 12.1. The lowest BCUT2D eigenvalue weighted by atomic mass is 10.1. The highest BCUT2D eigenvalue weighted by atomic mass is 16.6. The van der Waals surface area contributed by atoms with Gasteiger partial charge in [0.25, 0.3) is 5.91 Å². The third kappa shape index (κ3) is 5.61. The van der Waals surface area contributed by atoms with Crippen LogP contribution in [0.2, 0.25) is 0 Å². The van der Waals surface area contributed by atoms with Crippen molar-refractivity contribution in [1.29, 1.82) is 0 Å². The molecular formula is C27H30N2O9. The van der Waals surface area contributed by atoms with E-state index >= 15 is 0 Å². The highest BCUT2D eigenvalue weighted by Crippen LogP contribution is 2.40. The molecule has 0 radical (unpaired) electrons. The Morgan fingerprint density at radius 3 is 2.21 bits per heavy atom. The van der Waals surface area contributed by atoms with Crippen LogP contribution < -0.4 is 23.7 Å². The normalized spacial score (nSPS) is 15.6. The lowest BCUT2D eigenvalue weighted by Crippen LogP contribution is -2.51. The van der Waals surface area contributed by atoms with Gasteiger partial charge in [0.15, 0.2) is 23.9 Å². The van der Waals surface area contributed by atoms with Gasteiger partial charge in [0.2, 0.25) is 11.5 Å². The van der Waals surface area contributed by atoms with Crippen molar-refractivity contribution in [3.8, 4) is 28.7 Å². The Hall–Kier alpha value is -4.41. The smallest absolute Gasteiger partial charge is 0.409 e. The van der Waals surface area contributed by atoms with Crippen molar-refractivity contribution in [1.82, 2.24) is 9.80 Å². The fourth-order valence-corrected chi connectivity index (χ4v) is 4.18. The molecule has 0 aliphatic carbocycles. The van der Waals surface area contributed by atoms with Gasteiger partial charge < -0.3 is 38.2 Å². The van der Waals surface area contributed by atoms with Crippen molar-refractivity contribution in [3.05, 3.63) is 47.2 Å². The monoisotopic (exact) mass is 526 g/mol. The molecule has 202 valence electrons. The summed E-state index contributed by atoms with van der Waals surface area (Å²) in [4.78, 5) is 40.6. The number of ether oxygens (including phenoxy) is 6. The summed E-state index contributed by atoms with van der Waals surface area (Å²) >= 11 is 0. The van der Waals surface area contributed by atoms with E-state index in [1.165, 1.54) is 21.3 Å². The molecule has 1 fully saturated rings. The minimum absolute atomic E-state index is 0.127. The Labute approximate surface area is 220 Å². The Bertz CT molecular complexity index is 1220. The summed E-state index contributed by atoms with van der Waals surface area (Å²) in [5.41, 5.74) is 1.01. The average Bonchev–Trinajstić information content (AvgIpc) is 3.25. The standard InChI is InChI=1S/C27H30N2O9/c1-5-36-27(32)29-10-8-28(9-11-29)24(30)16-37-18-6-7-19-20(15-18)38-21(25(19)31)12-17-13-22(33-2)26(35-4)23(14-17)34-3/h6-7,12-15H,5,8-11,16H2,1-4H3. The molecule has 2 aromatic carbocycles. The maximum Gasteiger partial charge on any atom is 0.409 e. The summed E-state index contributed by atoms with van der Waals surface area (Å²) in [6.07, 6.45) is 1.22. The van der Waals surface area contributed by atoms with Gasteiger partial charge in [0.1, 0.15) is 11.5 Å². The minimum Gasteiger partial charge on any atom is -0.493 e. The van der Waals surface area contributed by atoms with E-state index in [2.05, 4.69) is 0 Å². The third-order valence-electron chi connectivity index (χ3n) is 6.15. The van der Waals surface area contributed by atoms with E-state index in [0.29, 0.717) is 72.7 Å². The lowest BCUT2D eigenvalue weighted by Gasteiger charge is -2.33. The van der Waals surface area contributed by atoms with Crippen LogP contribution in [0.4, 0.5) is 4.79 Å². The number of ketones is 1. The van der Waals surface area contributed by atoms with Crippen LogP contribution in [0.15, 0.2) is 36.1 Å². The topological polar surface area (TPSA) is 113 Å². The van der Waals surface area contributed by atoms with Crippen LogP contribution in [-0.2, 0) is 9.53 Å². The number of carbonyl (C=O) groups is 3. The first-order chi connectivity index (χ1) is 18.4. The fourth-order valence-electron chi connectivity index (χ4n) is 4.18. The molecule has 11 nitrogen and oxygen atoms in total. The number of allylic oxidation sites excluding steroid dienone is 1. The molecule has 38 heavy (non-hydrogen) atoms. The van der Waals surface area contributed by atoms with Crippen molar-refractivity contribution in [2.45, 2.75) is 6.92 Å². The number of rotatable bonds is 8. The molecule has 11 heteroatoms. The van der Waals surface area contributed by atoms with Crippen molar-refractivity contribution >= 4 is 23.9 Å². The van der Waals surface area contributed by atoms with Crippen molar-refractivity contribution in [2.75, 3.05) is 60.7 Å². The van der Waals surface area contributed by atoms with Gasteiger partial charge in [-0.15, -0.1) is 0 Å². The van der Waals surface area contributed by atoms with E-state index in [4.69, 9.17) is 28.4 Å². The lowest BCUT2D eigenvalue weighted by molar-refractivity contribution is -0.134. The number of piperazine rings is 1. The van der Waals surface area contributed by atoms with Gasteiger partial charge in [-0.25, -0.2) is 4.79 Å². The molecule has 2 aliphatic rings. The maximum absolute atomic E-state index is 12.9. The van der Waals surface area contributed by atoms with Gasteiger partial charge in [-0.1, -0.05) is 0 Å². The number of carbonyl (C=O) groups excluding carboxylic acids is 3. The van der Waals surface area contributed by atoms with Crippen LogP contribution >= 0.6 is 0 Å². The fraction of sp³-hybridized carbons (Fsp3) is 0.370. The first kappa shape index (κ1) is 26.6. The van der Waals surface area contributed by atoms with Crippen molar-refractivity contribution in [3.63, 3.8) is 0 Å². The predicted molar refractivity (Wildman–Crippen MR) is 136 cm³/mol. The zero-order valence-electron chi connectivity index (χ0n) is 21.8. The van der Waals surface area contributed by atoms with Gasteiger partial charge in [-0.2, -0.15) is 0 Å². The molecular weight excluding hydrogens is 496 g/mol. The number of hydrogen-bond acceptors (Lipinski definition) is 9. The SMILES string of the molecule is CCOC(=O)N1CCN(C(=O)COc2ccc3c(c2)OC(=Cc2cc(OC)c(OC)c(OC)c2)C3=O)CC1. The molecule has 0 atom stereocenters. The largest absolute Gasteiger partial charge is 0.493 e. The molecule has 0 unspecified atom stereocenters. The van der Waals surface area contributed by atoms with Gasteiger partial charge in [-0.05, 0) is 42.8 Å². The average molecular weight is 527 g/mol. The maximum atomic E-state index is 12.9. The van der Waals surface area contributed by atoms with Crippen LogP contribution in [0.5, 0.6) is 28.7 Å². The molecule has 0 saturated carbocycles. The molecule has 0 spiro atoms. The Balaban J connectivity index is 1.39. The second kappa shape index (κ2) is 11.8. The summed E-state index contributed by atoms with van der Waals surface area (Å²) in [7, 11) is 4.53. The highest BCUT2D eigenvalue weighted by Gasteiger charge is 2.29. The molecule has 0 aromatic heterocycles. The number of benzene rings is 2. The van der Waals surface area contributed by atoms with Crippen molar-refractivity contribution < 1.29 is 42.8 Å². The van der Waals surface area contributed by atoms with Crippen LogP contribution in [0, 0.1) is 0 Å². The van der Waals surface area contributed by atoms with Gasteiger partial charge in [0, 0.05) is 32.2 Å². The molecule has 0 N–H and O–H groups in total. The quantitative estimate of drug-likeness (QED) is 0.479. The molecule has 2 aliphatic heterocycles. The zero-order valence-corrected chi connectivity index (χ0v) is 21.8. The van der Waals surface area contributed by atoms with Crippen LogP contribution in [0.25, 0.3) is 6.08 Å². The zero-order chi connectivity index (χ0) is 27.2. The van der Waals surface area contributed by atoms with Gasteiger partial charge >= 0.3 is 6.09 Å². The number of fused-ring (bicyclic) bond motifs is 1. The molecule has 2 amide bonds.